The second kappa shape index (κ2) is 8.13. The number of benzene rings is 1. The molecule has 0 saturated heterocycles. The summed E-state index contributed by atoms with van der Waals surface area (Å²) in [7, 11) is 0. The van der Waals surface area contributed by atoms with E-state index in [4.69, 9.17) is 4.74 Å². The summed E-state index contributed by atoms with van der Waals surface area (Å²) in [5.74, 6) is 0.278. The Hall–Kier alpha value is -3.00. The van der Waals surface area contributed by atoms with Crippen molar-refractivity contribution in [3.8, 4) is 5.75 Å². The van der Waals surface area contributed by atoms with Crippen molar-refractivity contribution >= 4 is 33.7 Å². The summed E-state index contributed by atoms with van der Waals surface area (Å²) < 4.78 is 6.80. The topological polar surface area (TPSA) is 85.6 Å². The molecule has 0 bridgehead atoms. The van der Waals surface area contributed by atoms with Crippen molar-refractivity contribution in [2.45, 2.75) is 27.3 Å². The Bertz CT molecular complexity index is 1070. The second-order valence-corrected chi connectivity index (χ2v) is 7.11. The molecule has 0 radical (unpaired) electrons. The average Bonchev–Trinajstić information content (AvgIpc) is 2.94. The summed E-state index contributed by atoms with van der Waals surface area (Å²) in [6.45, 7) is 6.13. The Morgan fingerprint density at radius 2 is 2.15 bits per heavy atom. The van der Waals surface area contributed by atoms with Crippen LogP contribution in [0.15, 0.2) is 40.5 Å². The molecule has 140 valence electrons. The maximum Gasteiger partial charge on any atom is 0.262 e. The fraction of sp³-hybridized carbons (Fsp3) is 0.263. The van der Waals surface area contributed by atoms with Gasteiger partial charge in [-0.3, -0.25) is 14.2 Å². The maximum absolute atomic E-state index is 12.6. The highest BCUT2D eigenvalue weighted by Gasteiger charge is 2.13. The van der Waals surface area contributed by atoms with Gasteiger partial charge in [-0.25, -0.2) is 10.4 Å². The molecule has 7 nitrogen and oxygen atoms in total. The number of hydrogen-bond acceptors (Lipinski definition) is 6. The zero-order chi connectivity index (χ0) is 19.4. The van der Waals surface area contributed by atoms with Crippen LogP contribution in [0.2, 0.25) is 0 Å². The van der Waals surface area contributed by atoms with Gasteiger partial charge in [0.15, 0.2) is 0 Å². The Kier molecular flexibility index (Phi) is 5.66. The maximum atomic E-state index is 12.6. The lowest BCUT2D eigenvalue weighted by Crippen LogP contribution is -2.30. The van der Waals surface area contributed by atoms with Crippen LogP contribution >= 0.6 is 11.3 Å². The van der Waals surface area contributed by atoms with Crippen molar-refractivity contribution in [2.75, 3.05) is 6.61 Å². The Balaban J connectivity index is 1.72. The lowest BCUT2D eigenvalue weighted by Gasteiger charge is -2.06. The smallest absolute Gasteiger partial charge is 0.262 e. The standard InChI is InChI=1S/C19H20N4O3S/c1-4-26-15-8-6-5-7-14(15)9-21-22-16(24)10-23-11-20-18-17(19(23)25)12(2)13(3)27-18/h5-9,11H,4,10H2,1-3H3,(H,22,24)/b21-9+. The molecule has 2 aromatic heterocycles. The van der Waals surface area contributed by atoms with E-state index in [9.17, 15) is 9.59 Å². The summed E-state index contributed by atoms with van der Waals surface area (Å²) >= 11 is 1.48. The summed E-state index contributed by atoms with van der Waals surface area (Å²) in [5.41, 5.74) is 3.88. The monoisotopic (exact) mass is 384 g/mol. The minimum Gasteiger partial charge on any atom is -0.493 e. The molecule has 0 aliphatic heterocycles. The molecule has 2 heterocycles. The SMILES string of the molecule is CCOc1ccccc1/C=N/NC(=O)Cn1cnc2sc(C)c(C)c2c1=O. The van der Waals surface area contributed by atoms with Gasteiger partial charge in [0, 0.05) is 10.4 Å². The number of carbonyl (C=O) groups excluding carboxylic acids is 1. The van der Waals surface area contributed by atoms with Gasteiger partial charge in [-0.2, -0.15) is 5.10 Å². The number of ether oxygens (including phenoxy) is 1. The Morgan fingerprint density at radius 3 is 2.93 bits per heavy atom. The third-order valence-corrected chi connectivity index (χ3v) is 5.20. The first-order valence-corrected chi connectivity index (χ1v) is 9.31. The second-order valence-electron chi connectivity index (χ2n) is 5.91. The number of nitrogens with zero attached hydrogens (tertiary/aromatic N) is 3. The summed E-state index contributed by atoms with van der Waals surface area (Å²) in [6.07, 6.45) is 2.91. The van der Waals surface area contributed by atoms with E-state index in [0.717, 1.165) is 16.0 Å². The van der Waals surface area contributed by atoms with E-state index in [1.807, 2.05) is 45.0 Å². The number of fused-ring (bicyclic) bond motifs is 1. The van der Waals surface area contributed by atoms with Gasteiger partial charge in [-0.15, -0.1) is 11.3 Å². The van der Waals surface area contributed by atoms with Crippen molar-refractivity contribution < 1.29 is 9.53 Å². The number of rotatable bonds is 6. The van der Waals surface area contributed by atoms with Gasteiger partial charge in [0.1, 0.15) is 17.1 Å². The highest BCUT2D eigenvalue weighted by Crippen LogP contribution is 2.25. The van der Waals surface area contributed by atoms with E-state index < -0.39 is 5.91 Å². The van der Waals surface area contributed by atoms with Crippen LogP contribution < -0.4 is 15.7 Å². The van der Waals surface area contributed by atoms with Crippen LogP contribution in [0.3, 0.4) is 0 Å². The minimum absolute atomic E-state index is 0.152. The normalized spacial score (nSPS) is 11.2. The number of thiophene rings is 1. The van der Waals surface area contributed by atoms with Gasteiger partial charge < -0.3 is 4.74 Å². The van der Waals surface area contributed by atoms with Gasteiger partial charge in [0.25, 0.3) is 11.5 Å². The third kappa shape index (κ3) is 4.06. The first kappa shape index (κ1) is 18.8. The van der Waals surface area contributed by atoms with Gasteiger partial charge in [-0.05, 0) is 38.5 Å². The minimum atomic E-state index is -0.409. The number of nitrogens with one attached hydrogen (secondary N) is 1. The predicted octanol–water partition coefficient (Wildman–Crippen LogP) is 2.62. The molecule has 0 saturated carbocycles. The van der Waals surface area contributed by atoms with Crippen LogP contribution in [0.4, 0.5) is 0 Å². The summed E-state index contributed by atoms with van der Waals surface area (Å²) in [4.78, 5) is 30.8. The van der Waals surface area contributed by atoms with Crippen LogP contribution in [0.25, 0.3) is 10.2 Å². The van der Waals surface area contributed by atoms with E-state index in [-0.39, 0.29) is 12.1 Å². The third-order valence-electron chi connectivity index (χ3n) is 4.08. The van der Waals surface area contributed by atoms with Crippen LogP contribution in [-0.4, -0.2) is 28.3 Å². The van der Waals surface area contributed by atoms with E-state index in [2.05, 4.69) is 15.5 Å². The molecule has 8 heteroatoms. The molecule has 3 aromatic rings. The molecular formula is C19H20N4O3S. The molecule has 3 rings (SSSR count). The summed E-state index contributed by atoms with van der Waals surface area (Å²) in [5, 5.41) is 4.53. The molecule has 27 heavy (non-hydrogen) atoms. The summed E-state index contributed by atoms with van der Waals surface area (Å²) in [6, 6.07) is 7.39. The number of aryl methyl sites for hydroxylation is 2. The lowest BCUT2D eigenvalue weighted by atomic mass is 10.2. The quantitative estimate of drug-likeness (QED) is 0.523. The number of carbonyl (C=O) groups is 1. The van der Waals surface area contributed by atoms with Crippen molar-refractivity contribution in [1.29, 1.82) is 0 Å². The average molecular weight is 384 g/mol. The van der Waals surface area contributed by atoms with Crippen molar-refractivity contribution in [3.63, 3.8) is 0 Å². The zero-order valence-corrected chi connectivity index (χ0v) is 16.2. The number of para-hydroxylation sites is 1. The van der Waals surface area contributed by atoms with Crippen LogP contribution in [0, 0.1) is 13.8 Å². The molecule has 1 amide bonds. The van der Waals surface area contributed by atoms with Crippen LogP contribution in [0.5, 0.6) is 5.75 Å². The molecule has 0 unspecified atom stereocenters. The molecule has 0 spiro atoms. The van der Waals surface area contributed by atoms with E-state index in [1.54, 1.807) is 0 Å². The number of aromatic nitrogens is 2. The molecule has 0 atom stereocenters. The van der Waals surface area contributed by atoms with Crippen LogP contribution in [-0.2, 0) is 11.3 Å². The van der Waals surface area contributed by atoms with Crippen molar-refractivity contribution in [3.05, 3.63) is 57.0 Å². The number of hydrazone groups is 1. The van der Waals surface area contributed by atoms with Gasteiger partial charge >= 0.3 is 0 Å². The fourth-order valence-corrected chi connectivity index (χ4v) is 3.61. The predicted molar refractivity (Wildman–Crippen MR) is 107 cm³/mol. The molecule has 1 N–H and O–H groups in total. The highest BCUT2D eigenvalue weighted by atomic mass is 32.1. The van der Waals surface area contributed by atoms with Crippen molar-refractivity contribution in [1.82, 2.24) is 15.0 Å². The number of amides is 1. The molecular weight excluding hydrogens is 364 g/mol. The van der Waals surface area contributed by atoms with Gasteiger partial charge in [-0.1, -0.05) is 12.1 Å². The van der Waals surface area contributed by atoms with E-state index >= 15 is 0 Å². The Labute approximate surface area is 160 Å². The van der Waals surface area contributed by atoms with Crippen molar-refractivity contribution in [2.24, 2.45) is 5.10 Å². The largest absolute Gasteiger partial charge is 0.493 e. The van der Waals surface area contributed by atoms with E-state index in [1.165, 1.54) is 28.4 Å². The fourth-order valence-electron chi connectivity index (χ4n) is 2.62. The van der Waals surface area contributed by atoms with Gasteiger partial charge in [0.05, 0.1) is 24.5 Å². The molecule has 0 aliphatic rings. The van der Waals surface area contributed by atoms with Gasteiger partial charge in [0.2, 0.25) is 0 Å². The number of hydrogen-bond donors (Lipinski definition) is 1. The lowest BCUT2D eigenvalue weighted by molar-refractivity contribution is -0.121. The Morgan fingerprint density at radius 1 is 1.37 bits per heavy atom. The molecule has 0 aliphatic carbocycles. The first-order chi connectivity index (χ1) is 13.0. The van der Waals surface area contributed by atoms with Crippen LogP contribution in [0.1, 0.15) is 22.9 Å². The first-order valence-electron chi connectivity index (χ1n) is 8.50. The van der Waals surface area contributed by atoms with E-state index in [0.29, 0.717) is 22.6 Å². The molecule has 1 aromatic carbocycles. The highest BCUT2D eigenvalue weighted by molar-refractivity contribution is 7.18. The zero-order valence-electron chi connectivity index (χ0n) is 15.4. The molecule has 0 fully saturated rings.